The van der Waals surface area contributed by atoms with Crippen LogP contribution in [-0.4, -0.2) is 0 Å². The van der Waals surface area contributed by atoms with E-state index in [1.165, 1.54) is 54.9 Å². The molecule has 0 amide bonds. The van der Waals surface area contributed by atoms with Gasteiger partial charge in [-0.15, -0.1) is 0 Å². The van der Waals surface area contributed by atoms with E-state index in [-0.39, 0.29) is 0 Å². The smallest absolute Gasteiger partial charge is 0.0713 e. The highest BCUT2D eigenvalue weighted by Crippen LogP contribution is 2.57. The summed E-state index contributed by atoms with van der Waals surface area (Å²) in [5.41, 5.74) is 24.5. The second-order valence-corrected chi connectivity index (χ2v) is 24.8. The summed E-state index contributed by atoms with van der Waals surface area (Å²) in [4.78, 5) is 9.45. The van der Waals surface area contributed by atoms with Crippen molar-refractivity contribution < 1.29 is 0 Å². The molecule has 0 unspecified atom stereocenters. The van der Waals surface area contributed by atoms with E-state index < -0.39 is 5.41 Å². The fourth-order valence-electron chi connectivity index (χ4n) is 14.8. The van der Waals surface area contributed by atoms with Crippen LogP contribution < -0.4 is 19.6 Å². The third kappa shape index (κ3) is 10.6. The number of fused-ring (bicyclic) bond motifs is 5. The highest BCUT2D eigenvalue weighted by atomic mass is 15.2. The fraction of sp³-hybridized carbons (Fsp3) is 0.0108. The first-order chi connectivity index (χ1) is 48.1. The minimum atomic E-state index is -0.647. The normalized spacial score (nSPS) is 12.0. The molecule has 458 valence electrons. The van der Waals surface area contributed by atoms with Gasteiger partial charge in [0.1, 0.15) is 0 Å². The molecule has 0 atom stereocenters. The molecule has 0 aromatic heterocycles. The average Bonchev–Trinajstić information content (AvgIpc) is 1.56. The van der Waals surface area contributed by atoms with Crippen molar-refractivity contribution in [3.63, 3.8) is 0 Å². The lowest BCUT2D eigenvalue weighted by atomic mass is 9.67. The first kappa shape index (κ1) is 58.1. The van der Waals surface area contributed by atoms with Gasteiger partial charge in [0.25, 0.3) is 0 Å². The Labute approximate surface area is 567 Å². The number of para-hydroxylation sites is 4. The van der Waals surface area contributed by atoms with Crippen LogP contribution in [0, 0.1) is 0 Å². The Kier molecular flexibility index (Phi) is 15.1. The van der Waals surface area contributed by atoms with Crippen LogP contribution in [0.3, 0.4) is 0 Å². The van der Waals surface area contributed by atoms with E-state index in [4.69, 9.17) is 0 Å². The summed E-state index contributed by atoms with van der Waals surface area (Å²) in [7, 11) is 0. The Hall–Kier alpha value is -12.8. The number of benzene rings is 16. The molecule has 0 aliphatic heterocycles. The van der Waals surface area contributed by atoms with Crippen LogP contribution in [0.25, 0.3) is 54.9 Å². The van der Waals surface area contributed by atoms with Gasteiger partial charge in [-0.3, -0.25) is 0 Å². The van der Waals surface area contributed by atoms with Crippen molar-refractivity contribution in [2.45, 2.75) is 5.41 Å². The molecule has 0 radical (unpaired) electrons. The molecule has 97 heavy (non-hydrogen) atoms. The highest BCUT2D eigenvalue weighted by molar-refractivity contribution is 6.01. The summed E-state index contributed by atoms with van der Waals surface area (Å²) in [6, 6.07) is 146. The van der Waals surface area contributed by atoms with Gasteiger partial charge in [0.05, 0.1) is 16.8 Å². The summed E-state index contributed by atoms with van der Waals surface area (Å²) in [6.07, 6.45) is 0. The predicted molar refractivity (Wildman–Crippen MR) is 408 cm³/mol. The van der Waals surface area contributed by atoms with E-state index in [1.54, 1.807) is 0 Å². The van der Waals surface area contributed by atoms with Crippen molar-refractivity contribution in [3.05, 3.63) is 423 Å². The van der Waals surface area contributed by atoms with Crippen LogP contribution >= 0.6 is 0 Å². The molecule has 1 aliphatic rings. The van der Waals surface area contributed by atoms with Crippen LogP contribution in [0.2, 0.25) is 0 Å². The minimum absolute atomic E-state index is 0.647. The molecule has 0 spiro atoms. The quantitative estimate of drug-likeness (QED) is 0.0956. The molecule has 17 rings (SSSR count). The van der Waals surface area contributed by atoms with Crippen LogP contribution in [-0.2, 0) is 5.41 Å². The minimum Gasteiger partial charge on any atom is -0.311 e. The van der Waals surface area contributed by atoms with Gasteiger partial charge in [-0.25, -0.2) is 0 Å². The first-order valence-electron chi connectivity index (χ1n) is 33.3. The maximum Gasteiger partial charge on any atom is 0.0713 e. The predicted octanol–water partition coefficient (Wildman–Crippen LogP) is 25.6. The van der Waals surface area contributed by atoms with Gasteiger partial charge in [0.15, 0.2) is 0 Å². The molecule has 0 saturated carbocycles. The molecular formula is C93H66N4. The topological polar surface area (TPSA) is 13.0 Å². The summed E-state index contributed by atoms with van der Waals surface area (Å²) < 4.78 is 0. The molecule has 0 bridgehead atoms. The molecule has 16 aromatic carbocycles. The van der Waals surface area contributed by atoms with Gasteiger partial charge in [-0.05, 0) is 200 Å². The molecule has 16 aromatic rings. The third-order valence-electron chi connectivity index (χ3n) is 19.3. The molecule has 4 nitrogen and oxygen atoms in total. The fourth-order valence-corrected chi connectivity index (χ4v) is 14.8. The second-order valence-electron chi connectivity index (χ2n) is 24.8. The molecule has 0 N–H and O–H groups in total. The first-order valence-corrected chi connectivity index (χ1v) is 33.3. The standard InChI is InChI=1S/C93H66N4/c1-5-27-75(28-6-1)94(76-29-7-2-8-30-76)79-55-43-67(44-56-79)69-47-59-81(60-48-69)96(91-41-21-25-71-23-13-15-35-85(71)91)83-63-51-73(52-64-83)93(89-39-19-17-37-87(89)88-38-18-20-40-90(88)93)74-53-65-84(66-54-74)97(92-42-22-26-72-24-14-16-36-86(72)92)82-61-49-70(50-62-82)68-45-57-80(58-46-68)95(77-31-9-3-10-32-77)78-33-11-4-12-34-78/h1-66H. The summed E-state index contributed by atoms with van der Waals surface area (Å²) >= 11 is 0. The van der Waals surface area contributed by atoms with E-state index in [0.29, 0.717) is 0 Å². The maximum absolute atomic E-state index is 2.42. The van der Waals surface area contributed by atoms with Crippen molar-refractivity contribution in [1.82, 2.24) is 0 Å². The Bertz CT molecular complexity index is 4980. The number of hydrogen-bond donors (Lipinski definition) is 0. The van der Waals surface area contributed by atoms with Gasteiger partial charge in [-0.2, -0.15) is 0 Å². The van der Waals surface area contributed by atoms with Crippen molar-refractivity contribution >= 4 is 89.8 Å². The molecule has 1 aliphatic carbocycles. The van der Waals surface area contributed by atoms with Crippen molar-refractivity contribution in [2.75, 3.05) is 19.6 Å². The maximum atomic E-state index is 2.42. The van der Waals surface area contributed by atoms with Crippen molar-refractivity contribution in [3.8, 4) is 33.4 Å². The van der Waals surface area contributed by atoms with Crippen molar-refractivity contribution in [2.24, 2.45) is 0 Å². The zero-order valence-corrected chi connectivity index (χ0v) is 53.4. The number of rotatable bonds is 16. The lowest BCUT2D eigenvalue weighted by Gasteiger charge is -2.35. The van der Waals surface area contributed by atoms with Gasteiger partial charge in [0.2, 0.25) is 0 Å². The number of nitrogens with zero attached hydrogens (tertiary/aromatic N) is 4. The molecular weight excluding hydrogens is 1170 g/mol. The highest BCUT2D eigenvalue weighted by Gasteiger charge is 2.46. The monoisotopic (exact) mass is 1240 g/mol. The lowest BCUT2D eigenvalue weighted by Crippen LogP contribution is -2.28. The zero-order chi connectivity index (χ0) is 64.5. The molecule has 0 saturated heterocycles. The van der Waals surface area contributed by atoms with Gasteiger partial charge in [-0.1, -0.05) is 267 Å². The SMILES string of the molecule is c1ccc(N(c2ccccc2)c2ccc(-c3ccc(N(c4ccc(C5(c6ccc(N(c7ccc(-c8ccc(N(c9ccccc9)c9ccccc9)cc8)cc7)c7cccc8ccccc78)cc6)c6ccccc6-c6ccccc65)cc4)c4cccc5ccccc45)cc3)cc2)cc1. The summed E-state index contributed by atoms with van der Waals surface area (Å²) in [6.45, 7) is 0. The van der Waals surface area contributed by atoms with Crippen LogP contribution in [0.4, 0.5) is 68.2 Å². The molecule has 0 heterocycles. The van der Waals surface area contributed by atoms with Gasteiger partial charge < -0.3 is 19.6 Å². The van der Waals surface area contributed by atoms with E-state index in [2.05, 4.69) is 420 Å². The Morgan fingerprint density at radius 3 is 0.722 bits per heavy atom. The van der Waals surface area contributed by atoms with Crippen LogP contribution in [0.5, 0.6) is 0 Å². The molecule has 0 fully saturated rings. The average molecular weight is 1240 g/mol. The van der Waals surface area contributed by atoms with E-state index in [1.807, 2.05) is 0 Å². The Balaban J connectivity index is 0.737. The van der Waals surface area contributed by atoms with Crippen molar-refractivity contribution in [1.29, 1.82) is 0 Å². The molecule has 4 heteroatoms. The lowest BCUT2D eigenvalue weighted by molar-refractivity contribution is 0.768. The number of anilines is 12. The van der Waals surface area contributed by atoms with Gasteiger partial charge >= 0.3 is 0 Å². The second kappa shape index (κ2) is 25.3. The van der Waals surface area contributed by atoms with Crippen LogP contribution in [0.15, 0.2) is 400 Å². The van der Waals surface area contributed by atoms with E-state index in [0.717, 1.165) is 90.5 Å². The summed E-state index contributed by atoms with van der Waals surface area (Å²) in [5.74, 6) is 0. The zero-order valence-electron chi connectivity index (χ0n) is 53.4. The summed E-state index contributed by atoms with van der Waals surface area (Å²) in [5, 5.41) is 4.74. The largest absolute Gasteiger partial charge is 0.311 e. The Morgan fingerprint density at radius 2 is 0.402 bits per heavy atom. The van der Waals surface area contributed by atoms with Crippen LogP contribution in [0.1, 0.15) is 22.3 Å². The van der Waals surface area contributed by atoms with Gasteiger partial charge in [0, 0.05) is 67.6 Å². The number of hydrogen-bond acceptors (Lipinski definition) is 4. The Morgan fingerprint density at radius 1 is 0.165 bits per heavy atom. The van der Waals surface area contributed by atoms with E-state index in [9.17, 15) is 0 Å². The third-order valence-corrected chi connectivity index (χ3v) is 19.3. The van der Waals surface area contributed by atoms with E-state index >= 15 is 0 Å².